The predicted octanol–water partition coefficient (Wildman–Crippen LogP) is 7.19. The van der Waals surface area contributed by atoms with Gasteiger partial charge >= 0.3 is 0 Å². The molecule has 4 aromatic carbocycles. The van der Waals surface area contributed by atoms with Crippen molar-refractivity contribution in [3.05, 3.63) is 138 Å². The third kappa shape index (κ3) is 4.06. The number of benzene rings is 4. The quantitative estimate of drug-likeness (QED) is 0.269. The van der Waals surface area contributed by atoms with Crippen molar-refractivity contribution in [3.8, 4) is 22.3 Å². The molecule has 5 aromatic rings. The molecule has 0 N–H and O–H groups in total. The molecular formula is C29H23NO. The average molecular weight is 402 g/mol. The van der Waals surface area contributed by atoms with Crippen molar-refractivity contribution in [2.45, 2.75) is 12.8 Å². The maximum absolute atomic E-state index is 4.47. The summed E-state index contributed by atoms with van der Waals surface area (Å²) in [6, 6.07) is 34.6. The van der Waals surface area contributed by atoms with E-state index >= 15 is 0 Å². The molecule has 31 heavy (non-hydrogen) atoms. The van der Waals surface area contributed by atoms with Crippen molar-refractivity contribution >= 4 is 0 Å². The molecule has 0 bridgehead atoms. The lowest BCUT2D eigenvalue weighted by molar-refractivity contribution is 0.558. The van der Waals surface area contributed by atoms with E-state index in [1.165, 1.54) is 57.2 Å². The smallest absolute Gasteiger partial charge is 0.180 e. The van der Waals surface area contributed by atoms with Gasteiger partial charge in [-0.3, -0.25) is 0 Å². The average Bonchev–Trinajstić information content (AvgIpc) is 3.59. The third-order valence-corrected chi connectivity index (χ3v) is 5.76. The lowest BCUT2D eigenvalue weighted by Crippen LogP contribution is -1.77. The van der Waals surface area contributed by atoms with E-state index in [1.54, 1.807) is 6.20 Å². The second-order valence-corrected chi connectivity index (χ2v) is 7.66. The molecule has 1 aromatic heterocycles. The van der Waals surface area contributed by atoms with E-state index in [0.717, 1.165) is 12.8 Å². The third-order valence-electron chi connectivity index (χ3n) is 5.76. The minimum absolute atomic E-state index is 1.10. The van der Waals surface area contributed by atoms with Crippen LogP contribution in [0.4, 0.5) is 0 Å². The molecule has 0 spiro atoms. The first-order valence-electron chi connectivity index (χ1n) is 10.5. The summed E-state index contributed by atoms with van der Waals surface area (Å²) in [5.41, 5.74) is 11.5. The molecule has 150 valence electrons. The number of rotatable bonds is 0. The summed E-state index contributed by atoms with van der Waals surface area (Å²) >= 11 is 0. The largest absolute Gasteiger partial charge is 0.452 e. The van der Waals surface area contributed by atoms with Crippen molar-refractivity contribution in [3.63, 3.8) is 0 Å². The van der Waals surface area contributed by atoms with Gasteiger partial charge in [-0.1, -0.05) is 97.1 Å². The van der Waals surface area contributed by atoms with Crippen LogP contribution in [0.2, 0.25) is 0 Å². The van der Waals surface area contributed by atoms with Crippen molar-refractivity contribution in [1.82, 2.24) is 4.98 Å². The van der Waals surface area contributed by atoms with Gasteiger partial charge in [-0.2, -0.15) is 0 Å². The molecule has 1 heterocycles. The van der Waals surface area contributed by atoms with Crippen LogP contribution in [0.25, 0.3) is 22.3 Å². The Morgan fingerprint density at radius 2 is 0.839 bits per heavy atom. The maximum atomic E-state index is 4.47. The normalized spacial score (nSPS) is 11.6. The van der Waals surface area contributed by atoms with Crippen LogP contribution in [0.1, 0.15) is 22.3 Å². The molecule has 0 radical (unpaired) electrons. The second kappa shape index (κ2) is 8.85. The predicted molar refractivity (Wildman–Crippen MR) is 126 cm³/mol. The van der Waals surface area contributed by atoms with Crippen LogP contribution in [-0.4, -0.2) is 4.98 Å². The van der Waals surface area contributed by atoms with Crippen LogP contribution in [0.3, 0.4) is 0 Å². The van der Waals surface area contributed by atoms with E-state index in [1.807, 2.05) is 0 Å². The summed E-state index contributed by atoms with van der Waals surface area (Å²) in [6.07, 6.45) is 6.68. The van der Waals surface area contributed by atoms with E-state index in [2.05, 4.69) is 106 Å². The van der Waals surface area contributed by atoms with E-state index in [4.69, 9.17) is 0 Å². The van der Waals surface area contributed by atoms with Gasteiger partial charge in [0.05, 0.1) is 6.20 Å². The highest BCUT2D eigenvalue weighted by atomic mass is 16.3. The highest BCUT2D eigenvalue weighted by Gasteiger charge is 2.16. The highest BCUT2D eigenvalue weighted by Crippen LogP contribution is 2.36. The Morgan fingerprint density at radius 3 is 1.10 bits per heavy atom. The van der Waals surface area contributed by atoms with Crippen LogP contribution in [0, 0.1) is 0 Å². The Bertz CT molecular complexity index is 1090. The van der Waals surface area contributed by atoms with Gasteiger partial charge in [-0.05, 0) is 57.3 Å². The number of aromatic nitrogens is 1. The van der Waals surface area contributed by atoms with Gasteiger partial charge < -0.3 is 4.42 Å². The van der Waals surface area contributed by atoms with Crippen LogP contribution in [0.15, 0.2) is 120 Å². The van der Waals surface area contributed by atoms with Gasteiger partial charge in [0.2, 0.25) is 0 Å². The topological polar surface area (TPSA) is 26.0 Å². The van der Waals surface area contributed by atoms with Crippen LogP contribution in [0.5, 0.6) is 0 Å². The highest BCUT2D eigenvalue weighted by molar-refractivity contribution is 5.77. The Hall–Kier alpha value is -3.91. The molecule has 7 rings (SSSR count). The van der Waals surface area contributed by atoms with Gasteiger partial charge in [0, 0.05) is 0 Å². The number of oxazole rings is 1. The number of hydrogen-bond donors (Lipinski definition) is 0. The fourth-order valence-corrected chi connectivity index (χ4v) is 4.33. The van der Waals surface area contributed by atoms with Crippen molar-refractivity contribution in [2.75, 3.05) is 0 Å². The van der Waals surface area contributed by atoms with Gasteiger partial charge in [-0.15, -0.1) is 0 Å². The van der Waals surface area contributed by atoms with Crippen LogP contribution in [-0.2, 0) is 12.8 Å². The molecule has 0 saturated carbocycles. The number of fused-ring (bicyclic) bond motifs is 6. The Morgan fingerprint density at radius 1 is 0.484 bits per heavy atom. The molecule has 2 heteroatoms. The number of hydrogen-bond acceptors (Lipinski definition) is 2. The summed E-state index contributed by atoms with van der Waals surface area (Å²) in [5, 5.41) is 0. The molecule has 2 nitrogen and oxygen atoms in total. The van der Waals surface area contributed by atoms with Gasteiger partial charge in [0.15, 0.2) is 6.39 Å². The van der Waals surface area contributed by atoms with E-state index in [0.29, 0.717) is 0 Å². The molecule has 2 aliphatic carbocycles. The molecule has 0 amide bonds. The zero-order valence-corrected chi connectivity index (χ0v) is 17.2. The molecule has 0 atom stereocenters. The van der Waals surface area contributed by atoms with Crippen molar-refractivity contribution in [2.24, 2.45) is 0 Å². The monoisotopic (exact) mass is 401 g/mol. The Labute approximate surface area is 182 Å². The fraction of sp³-hybridized carbons (Fsp3) is 0.0690. The Kier molecular flexibility index (Phi) is 5.44. The molecule has 0 aliphatic heterocycles. The van der Waals surface area contributed by atoms with E-state index in [9.17, 15) is 0 Å². The second-order valence-electron chi connectivity index (χ2n) is 7.66. The summed E-state index contributed by atoms with van der Waals surface area (Å²) in [7, 11) is 0. The van der Waals surface area contributed by atoms with Crippen LogP contribution < -0.4 is 0 Å². The summed E-state index contributed by atoms with van der Waals surface area (Å²) in [4.78, 5) is 3.56. The zero-order valence-electron chi connectivity index (χ0n) is 17.2. The lowest BCUT2D eigenvalue weighted by Gasteiger charge is -1.98. The van der Waals surface area contributed by atoms with Crippen molar-refractivity contribution < 1.29 is 4.42 Å². The van der Waals surface area contributed by atoms with Gasteiger partial charge in [0.1, 0.15) is 6.26 Å². The first kappa shape index (κ1) is 19.1. The summed E-state index contributed by atoms with van der Waals surface area (Å²) in [6.45, 7) is 0. The minimum Gasteiger partial charge on any atom is -0.452 e. The molecular weight excluding hydrogens is 378 g/mol. The first-order valence-corrected chi connectivity index (χ1v) is 10.5. The maximum Gasteiger partial charge on any atom is 0.180 e. The standard InChI is InChI=1S/2C13H10.C3H3NO/c2*1-3-7-12-10(5-1)9-11-6-2-4-8-13(11)12;1-2-5-3-4-1/h2*1-8H,9H2;1-3H. The fourth-order valence-electron chi connectivity index (χ4n) is 4.33. The lowest BCUT2D eigenvalue weighted by atomic mass is 10.1. The molecule has 0 saturated heterocycles. The molecule has 0 unspecified atom stereocenters. The zero-order chi connectivity index (χ0) is 20.9. The van der Waals surface area contributed by atoms with Gasteiger partial charge in [0.25, 0.3) is 0 Å². The minimum atomic E-state index is 1.10. The Balaban J connectivity index is 0.000000108. The molecule has 2 aliphatic rings. The molecule has 0 fully saturated rings. The van der Waals surface area contributed by atoms with Crippen molar-refractivity contribution in [1.29, 1.82) is 0 Å². The van der Waals surface area contributed by atoms with Crippen LogP contribution >= 0.6 is 0 Å². The number of nitrogens with zero attached hydrogens (tertiary/aromatic N) is 1. The summed E-state index contributed by atoms with van der Waals surface area (Å²) < 4.78 is 4.47. The SMILES string of the molecule is c1ccc2c(c1)Cc1ccccc1-2.c1ccc2c(c1)Cc1ccccc1-2.c1cocn1. The first-order chi connectivity index (χ1) is 15.4. The van der Waals surface area contributed by atoms with Gasteiger partial charge in [-0.25, -0.2) is 4.98 Å². The summed E-state index contributed by atoms with van der Waals surface area (Å²) in [5.74, 6) is 0. The van der Waals surface area contributed by atoms with E-state index < -0.39 is 0 Å². The van der Waals surface area contributed by atoms with E-state index in [-0.39, 0.29) is 0 Å².